The molecule has 0 aliphatic heterocycles. The molecule has 0 saturated heterocycles. The lowest BCUT2D eigenvalue weighted by Gasteiger charge is -2.18. The molecular weight excluding hydrogens is 414 g/mol. The van der Waals surface area contributed by atoms with Gasteiger partial charge in [-0.3, -0.25) is 14.8 Å². The lowest BCUT2D eigenvalue weighted by Crippen LogP contribution is -2.33. The fraction of sp³-hybridized carbons (Fsp3) is 0.318. The second-order valence-electron chi connectivity index (χ2n) is 7.75. The monoisotopic (exact) mass is 439 g/mol. The maximum Gasteiger partial charge on any atom is 0.232 e. The van der Waals surface area contributed by atoms with Crippen molar-refractivity contribution in [2.24, 2.45) is 11.1 Å². The number of carbonyl (C=O) groups excluding carboxylic acids is 1. The van der Waals surface area contributed by atoms with Crippen molar-refractivity contribution >= 4 is 40.1 Å². The van der Waals surface area contributed by atoms with E-state index in [-0.39, 0.29) is 11.8 Å². The Morgan fingerprint density at radius 1 is 1.13 bits per heavy atom. The highest BCUT2D eigenvalue weighted by atomic mass is 32.2. The van der Waals surface area contributed by atoms with Crippen molar-refractivity contribution in [1.29, 1.82) is 0 Å². The average molecular weight is 440 g/mol. The first-order valence-electron chi connectivity index (χ1n) is 9.75. The number of hydrogen-bond donors (Lipinski definition) is 1. The van der Waals surface area contributed by atoms with Crippen LogP contribution in [0.25, 0.3) is 11.3 Å². The first kappa shape index (κ1) is 20.8. The maximum absolute atomic E-state index is 13.1. The van der Waals surface area contributed by atoms with E-state index in [1.54, 1.807) is 11.9 Å². The largest absolute Gasteiger partial charge is 0.363 e. The normalized spacial score (nSPS) is 15.2. The quantitative estimate of drug-likeness (QED) is 0.607. The molecule has 0 spiro atoms. The Labute approximate surface area is 185 Å². The lowest BCUT2D eigenvalue weighted by atomic mass is 10.0. The van der Waals surface area contributed by atoms with Crippen molar-refractivity contribution in [2.45, 2.75) is 24.0 Å². The molecule has 1 amide bonds. The summed E-state index contributed by atoms with van der Waals surface area (Å²) in [5, 5.41) is 6.38. The molecule has 1 aliphatic carbocycles. The van der Waals surface area contributed by atoms with E-state index in [1.807, 2.05) is 44.1 Å². The SMILES string of the molecule is Cc1nc(N(C)C(=O)C2Cc3ccc(-c4cccc(N(C)C)n4)cc3C2)sc1SN. The summed E-state index contributed by atoms with van der Waals surface area (Å²) in [5.74, 6) is 0.957. The van der Waals surface area contributed by atoms with Crippen LogP contribution in [0.15, 0.2) is 40.6 Å². The fourth-order valence-electron chi connectivity index (χ4n) is 3.77. The molecule has 1 aromatic carbocycles. The van der Waals surface area contributed by atoms with Crippen molar-refractivity contribution in [1.82, 2.24) is 9.97 Å². The summed E-state index contributed by atoms with van der Waals surface area (Å²) in [6.07, 6.45) is 1.50. The average Bonchev–Trinajstić information content (AvgIpc) is 3.35. The number of pyridine rings is 1. The minimum Gasteiger partial charge on any atom is -0.363 e. The number of benzene rings is 1. The highest BCUT2D eigenvalue weighted by Gasteiger charge is 2.31. The van der Waals surface area contributed by atoms with Crippen LogP contribution in [0.1, 0.15) is 16.8 Å². The first-order chi connectivity index (χ1) is 14.4. The number of fused-ring (bicyclic) bond motifs is 1. The molecule has 30 heavy (non-hydrogen) atoms. The zero-order chi connectivity index (χ0) is 21.4. The van der Waals surface area contributed by atoms with Crippen LogP contribution in [-0.2, 0) is 17.6 Å². The minimum absolute atomic E-state index is 0.0699. The Hall–Kier alpha value is -2.42. The molecule has 0 radical (unpaired) electrons. The summed E-state index contributed by atoms with van der Waals surface area (Å²) in [6.45, 7) is 1.92. The third-order valence-corrected chi connectivity index (χ3v) is 7.52. The molecule has 8 heteroatoms. The highest BCUT2D eigenvalue weighted by molar-refractivity contribution is 7.99. The van der Waals surface area contributed by atoms with Crippen LogP contribution in [0.2, 0.25) is 0 Å². The minimum atomic E-state index is -0.0699. The van der Waals surface area contributed by atoms with Gasteiger partial charge in [-0.05, 0) is 61.0 Å². The molecule has 0 saturated carbocycles. The first-order valence-corrected chi connectivity index (χ1v) is 11.4. The number of anilines is 2. The number of aromatic nitrogens is 2. The van der Waals surface area contributed by atoms with Gasteiger partial charge in [-0.1, -0.05) is 29.5 Å². The summed E-state index contributed by atoms with van der Waals surface area (Å²) in [4.78, 5) is 26.1. The van der Waals surface area contributed by atoms with E-state index in [0.29, 0.717) is 5.13 Å². The van der Waals surface area contributed by atoms with Gasteiger partial charge in [0.05, 0.1) is 15.6 Å². The number of rotatable bonds is 5. The number of thiazole rings is 1. The molecule has 0 bridgehead atoms. The molecule has 156 valence electrons. The summed E-state index contributed by atoms with van der Waals surface area (Å²) in [5.41, 5.74) is 5.36. The van der Waals surface area contributed by atoms with Gasteiger partial charge in [0.1, 0.15) is 5.82 Å². The Morgan fingerprint density at radius 3 is 2.60 bits per heavy atom. The lowest BCUT2D eigenvalue weighted by molar-refractivity contribution is -0.121. The van der Waals surface area contributed by atoms with Crippen LogP contribution < -0.4 is 14.9 Å². The maximum atomic E-state index is 13.1. The van der Waals surface area contributed by atoms with Crippen LogP contribution >= 0.6 is 23.3 Å². The Bertz CT molecular complexity index is 1090. The third kappa shape index (κ3) is 3.95. The Kier molecular flexibility index (Phi) is 5.81. The van der Waals surface area contributed by atoms with Crippen LogP contribution in [0.3, 0.4) is 0 Å². The van der Waals surface area contributed by atoms with Gasteiger partial charge in [-0.2, -0.15) is 0 Å². The molecular formula is C22H25N5OS2. The number of amides is 1. The van der Waals surface area contributed by atoms with Crippen LogP contribution in [0.5, 0.6) is 0 Å². The molecule has 1 aliphatic rings. The molecule has 3 aromatic rings. The molecule has 2 aromatic heterocycles. The fourth-order valence-corrected chi connectivity index (χ4v) is 5.18. The standard InChI is InChI=1S/C22H25N5OS2/c1-13-21(30-23)29-22(24-13)27(4)20(28)17-10-14-8-9-15(11-16(14)12-17)18-6-5-7-19(25-18)26(2)3/h5-9,11,17H,10,12,23H2,1-4H3. The summed E-state index contributed by atoms with van der Waals surface area (Å²) in [6, 6.07) is 12.5. The smallest absolute Gasteiger partial charge is 0.232 e. The topological polar surface area (TPSA) is 75.4 Å². The van der Waals surface area contributed by atoms with E-state index < -0.39 is 0 Å². The summed E-state index contributed by atoms with van der Waals surface area (Å²) < 4.78 is 0.941. The van der Waals surface area contributed by atoms with Gasteiger partial charge >= 0.3 is 0 Å². The van der Waals surface area contributed by atoms with Crippen LogP contribution in [0, 0.1) is 12.8 Å². The third-order valence-electron chi connectivity index (χ3n) is 5.44. The second-order valence-corrected chi connectivity index (χ2v) is 9.63. The molecule has 1 unspecified atom stereocenters. The molecule has 1 atom stereocenters. The van der Waals surface area contributed by atoms with Gasteiger partial charge in [0.15, 0.2) is 5.13 Å². The van der Waals surface area contributed by atoms with Crippen LogP contribution in [0.4, 0.5) is 10.9 Å². The van der Waals surface area contributed by atoms with Crippen molar-refractivity contribution in [3.63, 3.8) is 0 Å². The van der Waals surface area contributed by atoms with E-state index in [9.17, 15) is 4.79 Å². The summed E-state index contributed by atoms with van der Waals surface area (Å²) >= 11 is 2.64. The van der Waals surface area contributed by atoms with E-state index >= 15 is 0 Å². The van der Waals surface area contributed by atoms with E-state index in [0.717, 1.165) is 39.8 Å². The zero-order valence-corrected chi connectivity index (χ0v) is 19.2. The Balaban J connectivity index is 1.53. The van der Waals surface area contributed by atoms with Crippen molar-refractivity contribution in [3.8, 4) is 11.3 Å². The van der Waals surface area contributed by atoms with Gasteiger partial charge in [0.2, 0.25) is 5.91 Å². The van der Waals surface area contributed by atoms with Crippen molar-refractivity contribution < 1.29 is 4.79 Å². The Morgan fingerprint density at radius 2 is 1.90 bits per heavy atom. The van der Waals surface area contributed by atoms with E-state index in [4.69, 9.17) is 10.1 Å². The van der Waals surface area contributed by atoms with Crippen molar-refractivity contribution in [2.75, 3.05) is 30.9 Å². The molecule has 2 heterocycles. The molecule has 6 nitrogen and oxygen atoms in total. The van der Waals surface area contributed by atoms with Crippen LogP contribution in [-0.4, -0.2) is 37.0 Å². The van der Waals surface area contributed by atoms with Crippen molar-refractivity contribution in [3.05, 3.63) is 53.2 Å². The number of hydrogen-bond acceptors (Lipinski definition) is 7. The van der Waals surface area contributed by atoms with Gasteiger partial charge < -0.3 is 4.90 Å². The van der Waals surface area contributed by atoms with Gasteiger partial charge in [0, 0.05) is 32.6 Å². The number of nitrogens with two attached hydrogens (primary N) is 1. The van der Waals surface area contributed by atoms with Gasteiger partial charge in [0.25, 0.3) is 0 Å². The molecule has 4 rings (SSSR count). The zero-order valence-electron chi connectivity index (χ0n) is 17.5. The number of carbonyl (C=O) groups is 1. The second kappa shape index (κ2) is 8.37. The predicted molar refractivity (Wildman–Crippen MR) is 125 cm³/mol. The number of nitrogens with zero attached hydrogens (tertiary/aromatic N) is 4. The van der Waals surface area contributed by atoms with Gasteiger partial charge in [-0.15, -0.1) is 0 Å². The summed E-state index contributed by atoms with van der Waals surface area (Å²) in [7, 11) is 5.78. The number of aryl methyl sites for hydroxylation is 1. The van der Waals surface area contributed by atoms with E-state index in [1.165, 1.54) is 34.4 Å². The molecule has 2 N–H and O–H groups in total. The van der Waals surface area contributed by atoms with Gasteiger partial charge in [-0.25, -0.2) is 9.97 Å². The predicted octanol–water partition coefficient (Wildman–Crippen LogP) is 3.92. The highest BCUT2D eigenvalue weighted by Crippen LogP contribution is 2.35. The molecule has 0 fully saturated rings. The van der Waals surface area contributed by atoms with E-state index in [2.05, 4.69) is 23.2 Å².